The lowest BCUT2D eigenvalue weighted by molar-refractivity contribution is 0.146. The highest BCUT2D eigenvalue weighted by molar-refractivity contribution is 9.10. The number of aromatic hydroxyl groups is 1. The van der Waals surface area contributed by atoms with E-state index in [1.165, 1.54) is 0 Å². The fraction of sp³-hybridized carbons (Fsp3) is 0.167. The number of aromatic nitrogens is 1. The Hall–Kier alpha value is -0.910. The molecule has 0 atom stereocenters. The van der Waals surface area contributed by atoms with Gasteiger partial charge < -0.3 is 10.8 Å². The SMILES string of the molecule is Nc1nc(C(F)F)cc(Br)c1O. The molecule has 0 bridgehead atoms. The van der Waals surface area contributed by atoms with E-state index < -0.39 is 12.1 Å². The van der Waals surface area contributed by atoms with E-state index in [4.69, 9.17) is 10.8 Å². The first-order chi connectivity index (χ1) is 5.52. The first-order valence-electron chi connectivity index (χ1n) is 2.95. The number of hydrogen-bond acceptors (Lipinski definition) is 3. The van der Waals surface area contributed by atoms with Crippen LogP contribution in [0.4, 0.5) is 14.6 Å². The predicted octanol–water partition coefficient (Wildman–Crippen LogP) is 2.07. The van der Waals surface area contributed by atoms with Crippen LogP contribution in [0.15, 0.2) is 10.5 Å². The van der Waals surface area contributed by atoms with Gasteiger partial charge in [0.15, 0.2) is 11.6 Å². The van der Waals surface area contributed by atoms with Gasteiger partial charge in [-0.1, -0.05) is 0 Å². The average molecular weight is 239 g/mol. The molecule has 0 unspecified atom stereocenters. The summed E-state index contributed by atoms with van der Waals surface area (Å²) in [5.74, 6) is -0.626. The Morgan fingerprint density at radius 2 is 2.17 bits per heavy atom. The minimum absolute atomic E-state index is 0.116. The molecule has 3 nitrogen and oxygen atoms in total. The lowest BCUT2D eigenvalue weighted by atomic mass is 10.3. The highest BCUT2D eigenvalue weighted by Crippen LogP contribution is 2.31. The lowest BCUT2D eigenvalue weighted by Gasteiger charge is -2.03. The zero-order valence-corrected chi connectivity index (χ0v) is 7.35. The Balaban J connectivity index is 3.21. The van der Waals surface area contributed by atoms with Crippen LogP contribution in [0.25, 0.3) is 0 Å². The highest BCUT2D eigenvalue weighted by atomic mass is 79.9. The van der Waals surface area contributed by atoms with Gasteiger partial charge in [-0.2, -0.15) is 0 Å². The minimum Gasteiger partial charge on any atom is -0.503 e. The van der Waals surface area contributed by atoms with Gasteiger partial charge in [0, 0.05) is 0 Å². The van der Waals surface area contributed by atoms with Crippen LogP contribution in [-0.2, 0) is 0 Å². The van der Waals surface area contributed by atoms with Crippen molar-refractivity contribution in [3.05, 3.63) is 16.2 Å². The monoisotopic (exact) mass is 238 g/mol. The lowest BCUT2D eigenvalue weighted by Crippen LogP contribution is -1.97. The molecule has 0 aromatic carbocycles. The van der Waals surface area contributed by atoms with Crippen LogP contribution >= 0.6 is 15.9 Å². The van der Waals surface area contributed by atoms with Crippen LogP contribution in [-0.4, -0.2) is 10.1 Å². The van der Waals surface area contributed by atoms with Gasteiger partial charge in [0.05, 0.1) is 4.47 Å². The molecule has 0 amide bonds. The molecule has 0 aliphatic carbocycles. The fourth-order valence-electron chi connectivity index (χ4n) is 0.657. The summed E-state index contributed by atoms with van der Waals surface area (Å²) in [5, 5.41) is 9.03. The molecule has 3 N–H and O–H groups in total. The molecule has 12 heavy (non-hydrogen) atoms. The maximum absolute atomic E-state index is 12.0. The summed E-state index contributed by atoms with van der Waals surface area (Å²) in [6.07, 6.45) is -2.69. The molecule has 0 aliphatic rings. The van der Waals surface area contributed by atoms with E-state index in [0.29, 0.717) is 0 Å². The van der Waals surface area contributed by atoms with Gasteiger partial charge >= 0.3 is 0 Å². The number of nitrogens with two attached hydrogens (primary N) is 1. The normalized spacial score (nSPS) is 10.7. The van der Waals surface area contributed by atoms with E-state index in [1.807, 2.05) is 0 Å². The molecular weight excluding hydrogens is 234 g/mol. The van der Waals surface area contributed by atoms with E-state index in [1.54, 1.807) is 0 Å². The summed E-state index contributed by atoms with van der Waals surface area (Å²) in [6.45, 7) is 0. The van der Waals surface area contributed by atoms with Gasteiger partial charge in [-0.15, -0.1) is 0 Å². The predicted molar refractivity (Wildman–Crippen MR) is 43.0 cm³/mol. The maximum atomic E-state index is 12.0. The van der Waals surface area contributed by atoms with Crippen molar-refractivity contribution < 1.29 is 13.9 Å². The summed E-state index contributed by atoms with van der Waals surface area (Å²) in [6, 6.07) is 1.02. The molecule has 0 spiro atoms. The van der Waals surface area contributed by atoms with E-state index >= 15 is 0 Å². The second kappa shape index (κ2) is 3.22. The van der Waals surface area contributed by atoms with Crippen molar-refractivity contribution in [1.29, 1.82) is 0 Å². The fourth-order valence-corrected chi connectivity index (χ4v) is 1.09. The van der Waals surface area contributed by atoms with E-state index in [2.05, 4.69) is 20.9 Å². The van der Waals surface area contributed by atoms with E-state index in [9.17, 15) is 8.78 Å². The summed E-state index contributed by atoms with van der Waals surface area (Å²) in [4.78, 5) is 3.28. The Bertz CT molecular complexity index is 283. The second-order valence-corrected chi connectivity index (χ2v) is 2.92. The summed E-state index contributed by atoms with van der Waals surface area (Å²) in [7, 11) is 0. The number of rotatable bonds is 1. The van der Waals surface area contributed by atoms with Crippen molar-refractivity contribution in [2.24, 2.45) is 0 Å². The third-order valence-corrected chi connectivity index (χ3v) is 1.82. The molecule has 0 saturated heterocycles. The number of alkyl halides is 2. The number of nitrogen functional groups attached to an aromatic ring is 1. The third-order valence-electron chi connectivity index (χ3n) is 1.22. The van der Waals surface area contributed by atoms with Crippen LogP contribution in [0.1, 0.15) is 12.1 Å². The smallest absolute Gasteiger partial charge is 0.280 e. The van der Waals surface area contributed by atoms with Crippen LogP contribution < -0.4 is 5.73 Å². The molecule has 66 valence electrons. The molecular formula is C6H5BrF2N2O. The van der Waals surface area contributed by atoms with Crippen molar-refractivity contribution in [3.8, 4) is 5.75 Å². The largest absolute Gasteiger partial charge is 0.503 e. The Morgan fingerprint density at radius 1 is 1.58 bits per heavy atom. The van der Waals surface area contributed by atoms with Gasteiger partial charge in [0.2, 0.25) is 0 Å². The van der Waals surface area contributed by atoms with Gasteiger partial charge in [-0.05, 0) is 22.0 Å². The molecule has 0 aliphatic heterocycles. The topological polar surface area (TPSA) is 59.1 Å². The number of pyridine rings is 1. The number of hydrogen-bond donors (Lipinski definition) is 2. The van der Waals surface area contributed by atoms with E-state index in [0.717, 1.165) is 6.07 Å². The zero-order valence-electron chi connectivity index (χ0n) is 5.76. The van der Waals surface area contributed by atoms with Crippen molar-refractivity contribution in [2.75, 3.05) is 5.73 Å². The van der Waals surface area contributed by atoms with Crippen LogP contribution in [0.3, 0.4) is 0 Å². The summed E-state index contributed by atoms with van der Waals surface area (Å²) in [5.41, 5.74) is 4.67. The second-order valence-electron chi connectivity index (χ2n) is 2.06. The van der Waals surface area contributed by atoms with Crippen molar-refractivity contribution in [2.45, 2.75) is 6.43 Å². The number of anilines is 1. The van der Waals surface area contributed by atoms with Gasteiger partial charge in [0.1, 0.15) is 5.69 Å². The molecule has 1 aromatic rings. The third kappa shape index (κ3) is 1.63. The highest BCUT2D eigenvalue weighted by Gasteiger charge is 2.13. The van der Waals surface area contributed by atoms with Gasteiger partial charge in [-0.3, -0.25) is 0 Å². The summed E-state index contributed by atoms with van der Waals surface area (Å²) < 4.78 is 24.2. The van der Waals surface area contributed by atoms with Crippen LogP contribution in [0.2, 0.25) is 0 Å². The molecule has 0 fully saturated rings. The van der Waals surface area contributed by atoms with Crippen molar-refractivity contribution >= 4 is 21.7 Å². The Kier molecular flexibility index (Phi) is 2.46. The molecule has 1 aromatic heterocycles. The zero-order chi connectivity index (χ0) is 9.30. The van der Waals surface area contributed by atoms with Crippen LogP contribution in [0.5, 0.6) is 5.75 Å². The first kappa shape index (κ1) is 9.18. The van der Waals surface area contributed by atoms with Gasteiger partial charge in [-0.25, -0.2) is 13.8 Å². The molecule has 1 rings (SSSR count). The molecule has 1 heterocycles. The number of nitrogens with zero attached hydrogens (tertiary/aromatic N) is 1. The minimum atomic E-state index is -2.69. The molecule has 0 radical (unpaired) electrons. The van der Waals surface area contributed by atoms with E-state index in [-0.39, 0.29) is 16.0 Å². The van der Waals surface area contributed by atoms with Gasteiger partial charge in [0.25, 0.3) is 6.43 Å². The van der Waals surface area contributed by atoms with Crippen molar-refractivity contribution in [1.82, 2.24) is 4.98 Å². The number of halogens is 3. The standard InChI is InChI=1S/C6H5BrF2N2O/c7-2-1-3(5(8)9)11-6(10)4(2)12/h1,5,12H,(H2,10,11). The Labute approximate surface area is 75.3 Å². The first-order valence-corrected chi connectivity index (χ1v) is 3.74. The van der Waals surface area contributed by atoms with Crippen molar-refractivity contribution in [3.63, 3.8) is 0 Å². The molecule has 6 heteroatoms. The quantitative estimate of drug-likeness (QED) is 0.788. The van der Waals surface area contributed by atoms with Crippen LogP contribution in [0, 0.1) is 0 Å². The average Bonchev–Trinajstić information content (AvgIpc) is 1.99. The Morgan fingerprint density at radius 3 is 2.58 bits per heavy atom. The molecule has 0 saturated carbocycles. The summed E-state index contributed by atoms with van der Waals surface area (Å²) >= 11 is 2.86. The maximum Gasteiger partial charge on any atom is 0.280 e.